The Bertz CT molecular complexity index is 1120. The van der Waals surface area contributed by atoms with Gasteiger partial charge >= 0.3 is 0 Å². The minimum absolute atomic E-state index is 0.00351. The molecule has 0 aliphatic rings. The highest BCUT2D eigenvalue weighted by atomic mass is 79.9. The van der Waals surface area contributed by atoms with Gasteiger partial charge in [-0.1, -0.05) is 39.0 Å². The number of nitrogens with one attached hydrogen (secondary N) is 1. The molecule has 0 aromatic heterocycles. The lowest BCUT2D eigenvalue weighted by Gasteiger charge is -2.19. The minimum Gasteiger partial charge on any atom is -0.504 e. The molecule has 1 amide bonds. The number of amides is 1. The molecule has 0 heterocycles. The average Bonchev–Trinajstić information content (AvgIpc) is 2.73. The van der Waals surface area contributed by atoms with Gasteiger partial charge in [-0.05, 0) is 69.4 Å². The van der Waals surface area contributed by atoms with Crippen molar-refractivity contribution >= 4 is 39.4 Å². The Kier molecular flexibility index (Phi) is 6.81. The first kappa shape index (κ1) is 22.6. The van der Waals surface area contributed by atoms with Crippen LogP contribution in [0.3, 0.4) is 0 Å². The summed E-state index contributed by atoms with van der Waals surface area (Å²) in [7, 11) is 1.49. The van der Waals surface area contributed by atoms with Gasteiger partial charge in [0.2, 0.25) is 0 Å². The number of aliphatic imine (C=N–C) groups is 1. The van der Waals surface area contributed by atoms with Crippen LogP contribution in [0.2, 0.25) is 0 Å². The number of benzene rings is 3. The molecule has 0 spiro atoms. The van der Waals surface area contributed by atoms with Crippen LogP contribution >= 0.6 is 15.9 Å². The van der Waals surface area contributed by atoms with Gasteiger partial charge in [-0.25, -0.2) is 0 Å². The van der Waals surface area contributed by atoms with Crippen molar-refractivity contribution in [2.45, 2.75) is 26.2 Å². The van der Waals surface area contributed by atoms with Crippen LogP contribution in [0.15, 0.2) is 70.1 Å². The summed E-state index contributed by atoms with van der Waals surface area (Å²) in [4.78, 5) is 17.1. The van der Waals surface area contributed by atoms with Crippen molar-refractivity contribution in [2.24, 2.45) is 4.99 Å². The molecular formula is C25H25BrN2O3. The molecule has 3 rings (SSSR count). The molecule has 0 saturated heterocycles. The number of carbonyl (C=O) groups is 1. The van der Waals surface area contributed by atoms with Crippen LogP contribution in [0.1, 0.15) is 42.3 Å². The van der Waals surface area contributed by atoms with Crippen molar-refractivity contribution in [1.82, 2.24) is 0 Å². The number of ether oxygens (including phenoxy) is 1. The predicted molar refractivity (Wildman–Crippen MR) is 129 cm³/mol. The quantitative estimate of drug-likeness (QED) is 0.411. The molecule has 3 aromatic rings. The Hall–Kier alpha value is -3.12. The summed E-state index contributed by atoms with van der Waals surface area (Å²) in [5, 5.41) is 13.2. The second-order valence-electron chi connectivity index (χ2n) is 8.10. The molecule has 31 heavy (non-hydrogen) atoms. The number of hydrogen-bond acceptors (Lipinski definition) is 4. The third kappa shape index (κ3) is 5.52. The summed E-state index contributed by atoms with van der Waals surface area (Å²) in [6, 6.07) is 18.3. The van der Waals surface area contributed by atoms with E-state index in [1.807, 2.05) is 36.4 Å². The lowest BCUT2D eigenvalue weighted by Crippen LogP contribution is -2.14. The normalized spacial score (nSPS) is 11.5. The van der Waals surface area contributed by atoms with Crippen LogP contribution in [-0.4, -0.2) is 24.3 Å². The predicted octanol–water partition coefficient (Wildman–Crippen LogP) is 6.46. The second-order valence-corrected chi connectivity index (χ2v) is 8.96. The lowest BCUT2D eigenvalue weighted by atomic mass is 9.87. The summed E-state index contributed by atoms with van der Waals surface area (Å²) < 4.78 is 5.84. The number of carbonyl (C=O) groups excluding carboxylic acids is 1. The summed E-state index contributed by atoms with van der Waals surface area (Å²) in [6.07, 6.45) is 1.55. The van der Waals surface area contributed by atoms with Gasteiger partial charge in [0.25, 0.3) is 5.91 Å². The van der Waals surface area contributed by atoms with Crippen LogP contribution in [-0.2, 0) is 5.41 Å². The number of anilines is 1. The fourth-order valence-electron chi connectivity index (χ4n) is 2.98. The number of methoxy groups -OCH3 is 1. The Balaban J connectivity index is 1.77. The maximum absolute atomic E-state index is 12.6. The smallest absolute Gasteiger partial charge is 0.255 e. The third-order valence-corrected chi connectivity index (χ3v) is 5.50. The van der Waals surface area contributed by atoms with Gasteiger partial charge < -0.3 is 15.2 Å². The topological polar surface area (TPSA) is 70.9 Å². The first-order chi connectivity index (χ1) is 14.7. The standard InChI is InChI=1S/C25H25BrN2O3/c1-25(2,3)17-10-8-16(9-11-17)24(30)28-19-7-5-6-18(14-19)27-15-20-21(26)12-13-22(31-4)23(20)29/h5-15,29H,1-4H3,(H,28,30). The van der Waals surface area contributed by atoms with Gasteiger partial charge in [0, 0.05) is 21.9 Å². The van der Waals surface area contributed by atoms with E-state index in [2.05, 4.69) is 47.0 Å². The number of hydrogen-bond donors (Lipinski definition) is 2. The molecule has 3 aromatic carbocycles. The zero-order valence-corrected chi connectivity index (χ0v) is 19.5. The number of phenolic OH excluding ortho intramolecular Hbond substituents is 1. The van der Waals surface area contributed by atoms with E-state index in [1.54, 1.807) is 30.5 Å². The molecule has 0 atom stereocenters. The molecule has 2 N–H and O–H groups in total. The van der Waals surface area contributed by atoms with Gasteiger partial charge in [-0.2, -0.15) is 0 Å². The van der Waals surface area contributed by atoms with Crippen LogP contribution in [0.25, 0.3) is 0 Å². The highest BCUT2D eigenvalue weighted by Gasteiger charge is 2.14. The van der Waals surface area contributed by atoms with E-state index in [9.17, 15) is 9.90 Å². The van der Waals surface area contributed by atoms with Crippen molar-refractivity contribution in [3.63, 3.8) is 0 Å². The molecule has 0 aliphatic heterocycles. The molecule has 6 heteroatoms. The lowest BCUT2D eigenvalue weighted by molar-refractivity contribution is 0.102. The van der Waals surface area contributed by atoms with E-state index in [0.29, 0.717) is 32.7 Å². The summed E-state index contributed by atoms with van der Waals surface area (Å²) in [5.74, 6) is 0.182. The van der Waals surface area contributed by atoms with Gasteiger partial charge in [0.15, 0.2) is 11.5 Å². The second kappa shape index (κ2) is 9.35. The van der Waals surface area contributed by atoms with Crippen molar-refractivity contribution < 1.29 is 14.6 Å². The van der Waals surface area contributed by atoms with E-state index in [0.717, 1.165) is 0 Å². The maximum Gasteiger partial charge on any atom is 0.255 e. The number of halogens is 1. The minimum atomic E-state index is -0.185. The summed E-state index contributed by atoms with van der Waals surface area (Å²) >= 11 is 3.41. The van der Waals surface area contributed by atoms with E-state index in [-0.39, 0.29) is 17.1 Å². The number of aromatic hydroxyl groups is 1. The van der Waals surface area contributed by atoms with Gasteiger partial charge in [-0.15, -0.1) is 0 Å². The molecular weight excluding hydrogens is 456 g/mol. The van der Waals surface area contributed by atoms with Crippen molar-refractivity contribution in [2.75, 3.05) is 12.4 Å². The first-order valence-electron chi connectivity index (χ1n) is 9.80. The van der Waals surface area contributed by atoms with Gasteiger partial charge in [-0.3, -0.25) is 9.79 Å². The number of phenols is 1. The van der Waals surface area contributed by atoms with Crippen molar-refractivity contribution in [1.29, 1.82) is 0 Å². The van der Waals surface area contributed by atoms with Crippen molar-refractivity contribution in [3.05, 3.63) is 81.8 Å². The molecule has 0 aliphatic carbocycles. The molecule has 0 unspecified atom stereocenters. The molecule has 0 saturated carbocycles. The monoisotopic (exact) mass is 480 g/mol. The Morgan fingerprint density at radius 2 is 1.81 bits per heavy atom. The Morgan fingerprint density at radius 3 is 2.45 bits per heavy atom. The van der Waals surface area contributed by atoms with E-state index >= 15 is 0 Å². The van der Waals surface area contributed by atoms with Gasteiger partial charge in [0.05, 0.1) is 18.4 Å². The summed E-state index contributed by atoms with van der Waals surface area (Å²) in [6.45, 7) is 6.41. The molecule has 0 bridgehead atoms. The van der Waals surface area contributed by atoms with Crippen molar-refractivity contribution in [3.8, 4) is 11.5 Å². The fraction of sp³-hybridized carbons (Fsp3) is 0.200. The maximum atomic E-state index is 12.6. The largest absolute Gasteiger partial charge is 0.504 e. The zero-order chi connectivity index (χ0) is 22.6. The fourth-order valence-corrected chi connectivity index (χ4v) is 3.40. The van der Waals surface area contributed by atoms with Gasteiger partial charge in [0.1, 0.15) is 0 Å². The van der Waals surface area contributed by atoms with Crippen LogP contribution in [0.5, 0.6) is 11.5 Å². The number of rotatable bonds is 5. The van der Waals surface area contributed by atoms with Crippen LogP contribution in [0.4, 0.5) is 11.4 Å². The number of nitrogens with zero attached hydrogens (tertiary/aromatic N) is 1. The molecule has 160 valence electrons. The SMILES string of the molecule is COc1ccc(Br)c(C=Nc2cccc(NC(=O)c3ccc(C(C)(C)C)cc3)c2)c1O. The van der Waals surface area contributed by atoms with E-state index in [1.165, 1.54) is 12.7 Å². The Labute approximate surface area is 190 Å². The average molecular weight is 481 g/mol. The third-order valence-electron chi connectivity index (χ3n) is 4.81. The van der Waals surface area contributed by atoms with E-state index in [4.69, 9.17) is 4.74 Å². The highest BCUT2D eigenvalue weighted by Crippen LogP contribution is 2.34. The van der Waals surface area contributed by atoms with Crippen LogP contribution in [0, 0.1) is 0 Å². The first-order valence-corrected chi connectivity index (χ1v) is 10.6. The molecule has 5 nitrogen and oxygen atoms in total. The zero-order valence-electron chi connectivity index (χ0n) is 17.9. The highest BCUT2D eigenvalue weighted by molar-refractivity contribution is 9.10. The van der Waals surface area contributed by atoms with Crippen LogP contribution < -0.4 is 10.1 Å². The summed E-state index contributed by atoms with van der Waals surface area (Å²) in [5.41, 5.74) is 3.57. The van der Waals surface area contributed by atoms with E-state index < -0.39 is 0 Å². The molecule has 0 radical (unpaired) electrons. The molecule has 0 fully saturated rings. The Morgan fingerprint density at radius 1 is 1.10 bits per heavy atom.